The Kier molecular flexibility index (Phi) is 14.4. The largest absolute Gasteiger partial charge is 0.309 e. The molecule has 12 nitrogen and oxygen atoms in total. The summed E-state index contributed by atoms with van der Waals surface area (Å²) in [6.45, 7) is 0. The van der Waals surface area contributed by atoms with Gasteiger partial charge in [-0.1, -0.05) is 436 Å². The Labute approximate surface area is 850 Å². The molecule has 6 heterocycles. The first kappa shape index (κ1) is 54.3. The van der Waals surface area contributed by atoms with E-state index in [1.54, 1.807) is 57.7 Å². The lowest BCUT2D eigenvalue weighted by Gasteiger charge is -2.16. The molecule has 0 N–H and O–H groups in total. The van der Waals surface area contributed by atoms with Gasteiger partial charge in [-0.05, 0) is 123 Å². The number of nitrogens with zero attached hydrogens (tertiary/aromatic N) is 12. The van der Waals surface area contributed by atoms with Gasteiger partial charge in [-0.3, -0.25) is 0 Å². The predicted octanol–water partition coefficient (Wildman–Crippen LogP) is 31.7. The average molecular weight is 1810 g/mol. The zero-order chi connectivity index (χ0) is 122. The highest BCUT2D eigenvalue weighted by atomic mass is 15.1. The van der Waals surface area contributed by atoms with Crippen LogP contribution in [0.4, 0.5) is 0 Å². The van der Waals surface area contributed by atoms with Crippen LogP contribution in [0.5, 0.6) is 0 Å². The molecule has 139 heavy (non-hydrogen) atoms. The van der Waals surface area contributed by atoms with Crippen LogP contribution in [0.3, 0.4) is 0 Å². The maximum atomic E-state index is 9.52. The van der Waals surface area contributed by atoms with Gasteiger partial charge in [-0.15, -0.1) is 0 Å². The fourth-order valence-electron chi connectivity index (χ4n) is 17.3. The van der Waals surface area contributed by atoms with Gasteiger partial charge in [0.1, 0.15) is 0 Å². The summed E-state index contributed by atoms with van der Waals surface area (Å²) >= 11 is 0. The minimum Gasteiger partial charge on any atom is -0.309 e. The summed E-state index contributed by atoms with van der Waals surface area (Å²) in [5, 5.41) is 5.07. The first-order valence-electron chi connectivity index (χ1n) is 60.9. The smallest absolute Gasteiger partial charge is 0.164 e. The SMILES string of the molecule is [2H]c1c([2H])c([2H])c(-c2nc(-c3c([2H])c([2H])c([2H])c([2H])c3[2H])nc(-c3c([2H])c([2H])c(-c4c([2H])c([2H])c(-n5c6ccccc6c6ccccc65)c([2H])c4[2H])c([2H])c3[2H])n2)c([2H])c1[2H].[2H]c1c([2H])c([2H])c(-c2nc(-c3c([2H])c([2H])c([2H])c([2H])c3[2H])nc(-c3c([2H])c([2H])c(-n4c5ccccc5c5ccccc54)c4c([2H])c([2H])c([2H])c([2H])c34)n2)c([2H])c1[2H].c1ccc(-c2ccccc2-c2nc(-c3ccccc3-c3ccccc3)nc(-c3ccccc3-c3cccc(-n4c5ccccc5c5ccccc54)c3)n2)cc1. The minimum absolute atomic E-state index is 0.0612. The third kappa shape index (κ3) is 16.1. The molecule has 0 fully saturated rings. The van der Waals surface area contributed by atoms with Crippen LogP contribution < -0.4 is 0 Å². The Morgan fingerprint density at radius 3 is 0.777 bits per heavy atom. The number of aromatic nitrogens is 12. The monoisotopic (exact) mass is 1810 g/mol. The minimum atomic E-state index is -0.871. The van der Waals surface area contributed by atoms with Crippen molar-refractivity contribution >= 4 is 76.2 Å². The lowest BCUT2D eigenvalue weighted by atomic mass is 9.97. The molecule has 0 spiro atoms. The molecule has 12 heteroatoms. The Balaban J connectivity index is 0.000000133. The van der Waals surface area contributed by atoms with Crippen LogP contribution in [0, 0.1) is 0 Å². The number of hydrogen-bond donors (Lipinski definition) is 0. The molecular formula is C127H84N12. The molecule has 0 saturated heterocycles. The zero-order valence-corrected chi connectivity index (χ0v) is 72.7. The molecule has 652 valence electrons. The van der Waals surface area contributed by atoms with Crippen molar-refractivity contribution in [2.45, 2.75) is 0 Å². The Hall–Kier alpha value is -18.9. The topological polar surface area (TPSA) is 131 Å². The highest BCUT2D eigenvalue weighted by Gasteiger charge is 2.25. The Morgan fingerprint density at radius 2 is 0.403 bits per heavy atom. The molecule has 0 radical (unpaired) electrons. The lowest BCUT2D eigenvalue weighted by molar-refractivity contribution is 1.07. The highest BCUT2D eigenvalue weighted by Crippen LogP contribution is 2.44. The third-order valence-electron chi connectivity index (χ3n) is 23.5. The van der Waals surface area contributed by atoms with Gasteiger partial charge >= 0.3 is 0 Å². The van der Waals surface area contributed by atoms with Gasteiger partial charge in [0.2, 0.25) is 0 Å². The summed E-state index contributed by atoms with van der Waals surface area (Å²) in [5.74, 6) is -2.11. The van der Waals surface area contributed by atoms with Gasteiger partial charge in [0, 0.05) is 99.1 Å². The second-order valence-electron chi connectivity index (χ2n) is 31.6. The molecule has 0 aliphatic heterocycles. The van der Waals surface area contributed by atoms with E-state index in [1.807, 2.05) is 60.7 Å². The third-order valence-corrected chi connectivity index (χ3v) is 23.5. The van der Waals surface area contributed by atoms with Crippen molar-refractivity contribution in [3.63, 3.8) is 0 Å². The van der Waals surface area contributed by atoms with Crippen LogP contribution in [-0.4, -0.2) is 58.6 Å². The molecule has 0 amide bonds. The Morgan fingerprint density at radius 1 is 0.144 bits per heavy atom. The van der Waals surface area contributed by atoms with Crippen LogP contribution in [0.25, 0.3) is 240 Å². The van der Waals surface area contributed by atoms with Gasteiger partial charge in [0.15, 0.2) is 52.4 Å². The van der Waals surface area contributed by atoms with E-state index in [9.17, 15) is 5.48 Å². The van der Waals surface area contributed by atoms with Gasteiger partial charge in [-0.2, -0.15) is 0 Å². The van der Waals surface area contributed by atoms with Crippen molar-refractivity contribution in [2.24, 2.45) is 0 Å². The summed E-state index contributed by atoms with van der Waals surface area (Å²) in [6, 6.07) is 76.0. The second kappa shape index (κ2) is 36.9. The molecule has 26 aromatic rings. The number of para-hydroxylation sites is 6. The summed E-state index contributed by atoms with van der Waals surface area (Å²) in [7, 11) is 0. The molecular weight excluding hydrogens is 1690 g/mol. The predicted molar refractivity (Wildman–Crippen MR) is 571 cm³/mol. The Bertz CT molecular complexity index is 10700. The van der Waals surface area contributed by atoms with E-state index in [0.29, 0.717) is 39.5 Å². The molecule has 0 saturated carbocycles. The van der Waals surface area contributed by atoms with Crippen molar-refractivity contribution in [1.29, 1.82) is 0 Å². The van der Waals surface area contributed by atoms with E-state index in [0.717, 1.165) is 77.3 Å². The zero-order valence-electron chi connectivity index (χ0n) is 107. The van der Waals surface area contributed by atoms with Gasteiger partial charge in [0.05, 0.1) is 85.4 Å². The van der Waals surface area contributed by atoms with E-state index >= 15 is 0 Å². The molecule has 0 aliphatic rings. The van der Waals surface area contributed by atoms with Crippen LogP contribution >= 0.6 is 0 Å². The summed E-state index contributed by atoms with van der Waals surface area (Å²) in [6.07, 6.45) is 0. The first-order chi connectivity index (χ1) is 83.1. The van der Waals surface area contributed by atoms with Crippen LogP contribution in [0.15, 0.2) is 509 Å². The van der Waals surface area contributed by atoms with Gasteiger partial charge in [-0.25, -0.2) is 44.9 Å². The van der Waals surface area contributed by atoms with Crippen LogP contribution in [0.2, 0.25) is 0 Å². The van der Waals surface area contributed by atoms with Gasteiger partial charge in [0.25, 0.3) is 0 Å². The average Bonchev–Trinajstić information content (AvgIpc) is 1.65. The normalized spacial score (nSPS) is 14.7. The van der Waals surface area contributed by atoms with Crippen molar-refractivity contribution in [3.8, 4) is 164 Å². The van der Waals surface area contributed by atoms with E-state index in [1.165, 1.54) is 21.8 Å². The van der Waals surface area contributed by atoms with E-state index in [4.69, 9.17) is 56.1 Å². The number of benzene rings is 20. The van der Waals surface area contributed by atoms with E-state index < -0.39 is 285 Å². The fourth-order valence-corrected chi connectivity index (χ4v) is 17.3. The number of rotatable bonds is 16. The molecule has 0 aliphatic carbocycles. The maximum Gasteiger partial charge on any atom is 0.164 e. The quantitative estimate of drug-likeness (QED) is 0.0928. The summed E-state index contributed by atoms with van der Waals surface area (Å²) < 4.78 is 301. The summed E-state index contributed by atoms with van der Waals surface area (Å²) in [4.78, 5) is 41.6. The molecule has 0 atom stereocenters. The van der Waals surface area contributed by atoms with Gasteiger partial charge < -0.3 is 13.7 Å². The molecule has 20 aromatic carbocycles. The molecule has 0 bridgehead atoms. The van der Waals surface area contributed by atoms with Crippen molar-refractivity contribution in [1.82, 2.24) is 58.6 Å². The number of fused-ring (bicyclic) bond motifs is 10. The maximum absolute atomic E-state index is 9.52. The van der Waals surface area contributed by atoms with E-state index in [2.05, 4.69) is 229 Å². The first-order valence-corrected chi connectivity index (χ1v) is 43.9. The molecule has 26 rings (SSSR count). The van der Waals surface area contributed by atoms with E-state index in [-0.39, 0.29) is 22.1 Å². The molecule has 6 aromatic heterocycles. The van der Waals surface area contributed by atoms with Crippen molar-refractivity contribution in [3.05, 3.63) is 509 Å². The lowest BCUT2D eigenvalue weighted by Crippen LogP contribution is -2.03. The van der Waals surface area contributed by atoms with Crippen molar-refractivity contribution in [2.75, 3.05) is 0 Å². The van der Waals surface area contributed by atoms with Crippen LogP contribution in [0.1, 0.15) is 46.6 Å². The highest BCUT2D eigenvalue weighted by molar-refractivity contribution is 6.13. The summed E-state index contributed by atoms with van der Waals surface area (Å²) in [5.41, 5.74) is 10.3. The fraction of sp³-hybridized carbons (Fsp3) is 0. The second-order valence-corrected chi connectivity index (χ2v) is 31.6. The molecule has 0 unspecified atom stereocenters. The van der Waals surface area contributed by atoms with Crippen LogP contribution in [-0.2, 0) is 0 Å². The standard InChI is InChI=1S/C51H34N4.C39H26N4.C37H24N4/c1-3-18-35(19-4-1)39-24-7-10-29-44(39)49-52-50(45-30-11-8-25-40(45)36-20-5-2-6-21-36)54-51(53-49)46-31-12-9-26-41(46)37-22-17-23-38(34-37)55-47-32-15-13-27-42(47)43-28-14-16-33-48(43)55;1-3-11-29(12-4-1)37-40-38(30-13-5-2-6-14-30)42-39(41-37)31-21-19-27(20-22-31)28-23-25-32(26-24-28)43-35-17-9-7-15-33(35)34-16-8-10-18-36(34)43;1-3-13-25(14-4-1)35-38-36(26-15-5-2-6-16-26)40-37(39-35)31-23-24-34(28-18-8-7-17-27(28)31)41-32-21-11-9-19-29(32)30-20-10-12-22-33(30)41/h1-34H;1-26H;1-24H/i;1D,2D,3D,4D,5D,6D,11D,12D,13D,14D,19D,20D,21D,22D,23D,24D,25D,26D;1D,2D,3D,4D,5D,6D,7D,8D,13D,14D,15D,16D,17D,18D,23D,24D. The van der Waals surface area contributed by atoms with Crippen molar-refractivity contribution < 1.29 is 46.6 Å². The number of hydrogen-bond acceptors (Lipinski definition) is 9.